The lowest BCUT2D eigenvalue weighted by molar-refractivity contribution is -0.147. The minimum absolute atomic E-state index is 0.0203. The molecular formula is C22H18F2N2O4S. The first-order valence-electron chi connectivity index (χ1n) is 9.28. The third-order valence-electron chi connectivity index (χ3n) is 4.26. The number of esters is 1. The molecule has 0 atom stereocenters. The van der Waals surface area contributed by atoms with Crippen LogP contribution in [0.3, 0.4) is 0 Å². The summed E-state index contributed by atoms with van der Waals surface area (Å²) in [6, 6.07) is 10.4. The molecule has 0 aliphatic rings. The maximum atomic E-state index is 13.3. The van der Waals surface area contributed by atoms with Crippen molar-refractivity contribution in [2.45, 2.75) is 19.8 Å². The van der Waals surface area contributed by atoms with Crippen LogP contribution in [0.1, 0.15) is 28.8 Å². The van der Waals surface area contributed by atoms with E-state index in [0.717, 1.165) is 29.0 Å². The van der Waals surface area contributed by atoms with Crippen LogP contribution < -0.4 is 5.32 Å². The highest BCUT2D eigenvalue weighted by atomic mass is 32.1. The van der Waals surface area contributed by atoms with Crippen molar-refractivity contribution in [3.05, 3.63) is 70.6 Å². The second-order valence-corrected chi connectivity index (χ2v) is 7.52. The number of halogens is 2. The number of anilines is 1. The molecule has 9 heteroatoms. The molecular weight excluding hydrogens is 426 g/mol. The summed E-state index contributed by atoms with van der Waals surface area (Å²) in [5.74, 6) is -3.42. The highest BCUT2D eigenvalue weighted by Gasteiger charge is 2.14. The molecule has 0 aliphatic heterocycles. The van der Waals surface area contributed by atoms with Crippen LogP contribution in [0.25, 0.3) is 11.3 Å². The Morgan fingerprint density at radius 2 is 1.77 bits per heavy atom. The van der Waals surface area contributed by atoms with Gasteiger partial charge < -0.3 is 4.74 Å². The number of thiazole rings is 1. The molecule has 0 spiro atoms. The zero-order valence-corrected chi connectivity index (χ0v) is 17.3. The fourth-order valence-electron chi connectivity index (χ4n) is 2.59. The van der Waals surface area contributed by atoms with Gasteiger partial charge in [-0.2, -0.15) is 0 Å². The number of nitrogens with zero attached hydrogens (tertiary/aromatic N) is 1. The van der Waals surface area contributed by atoms with Gasteiger partial charge in [-0.25, -0.2) is 13.8 Å². The number of Topliss-reactive ketones (excluding diaryl/α,β-unsaturated/α-hetero) is 1. The Balaban J connectivity index is 1.44. The summed E-state index contributed by atoms with van der Waals surface area (Å²) >= 11 is 1.09. The smallest absolute Gasteiger partial charge is 0.306 e. The van der Waals surface area contributed by atoms with Crippen LogP contribution in [0.5, 0.6) is 0 Å². The molecule has 31 heavy (non-hydrogen) atoms. The number of amides is 1. The molecule has 1 heterocycles. The van der Waals surface area contributed by atoms with Gasteiger partial charge in [0.25, 0.3) is 5.91 Å². The van der Waals surface area contributed by atoms with Gasteiger partial charge in [-0.3, -0.25) is 19.7 Å². The summed E-state index contributed by atoms with van der Waals surface area (Å²) in [6.07, 6.45) is -0.162. The van der Waals surface area contributed by atoms with E-state index in [4.69, 9.17) is 4.74 Å². The monoisotopic (exact) mass is 444 g/mol. The number of ether oxygens (including phenoxy) is 1. The number of carbonyl (C=O) groups excluding carboxylic acids is 3. The number of nitrogens with one attached hydrogen (secondary N) is 1. The SMILES string of the molecule is Cc1ccc(C(=O)CCC(=O)OCC(=O)Nc2nc(-c3ccc(F)c(F)c3)cs2)cc1. The van der Waals surface area contributed by atoms with Gasteiger partial charge in [0, 0.05) is 22.9 Å². The van der Waals surface area contributed by atoms with E-state index >= 15 is 0 Å². The van der Waals surface area contributed by atoms with Gasteiger partial charge in [0.1, 0.15) is 0 Å². The maximum Gasteiger partial charge on any atom is 0.306 e. The predicted molar refractivity (Wildman–Crippen MR) is 112 cm³/mol. The Labute approximate surface area is 180 Å². The normalized spacial score (nSPS) is 10.5. The molecule has 2 aromatic carbocycles. The molecule has 3 rings (SSSR count). The van der Waals surface area contributed by atoms with Crippen LogP contribution in [0, 0.1) is 18.6 Å². The molecule has 1 N–H and O–H groups in total. The number of hydrogen-bond acceptors (Lipinski definition) is 6. The molecule has 0 bridgehead atoms. The van der Waals surface area contributed by atoms with E-state index in [2.05, 4.69) is 10.3 Å². The molecule has 0 fully saturated rings. The van der Waals surface area contributed by atoms with Gasteiger partial charge in [-0.05, 0) is 25.1 Å². The molecule has 1 amide bonds. The number of hydrogen-bond donors (Lipinski definition) is 1. The molecule has 3 aromatic rings. The molecule has 0 radical (unpaired) electrons. The van der Waals surface area contributed by atoms with E-state index < -0.39 is 30.1 Å². The van der Waals surface area contributed by atoms with Crippen molar-refractivity contribution in [2.75, 3.05) is 11.9 Å². The van der Waals surface area contributed by atoms with E-state index in [-0.39, 0.29) is 23.8 Å². The van der Waals surface area contributed by atoms with Gasteiger partial charge in [0.15, 0.2) is 29.2 Å². The summed E-state index contributed by atoms with van der Waals surface area (Å²) in [7, 11) is 0. The summed E-state index contributed by atoms with van der Waals surface area (Å²) in [5, 5.41) is 4.26. The number of aryl methyl sites for hydroxylation is 1. The average Bonchev–Trinajstić information content (AvgIpc) is 3.21. The zero-order chi connectivity index (χ0) is 22.4. The molecule has 6 nitrogen and oxygen atoms in total. The second-order valence-electron chi connectivity index (χ2n) is 6.66. The van der Waals surface area contributed by atoms with Crippen molar-refractivity contribution in [1.82, 2.24) is 4.98 Å². The van der Waals surface area contributed by atoms with E-state index in [9.17, 15) is 23.2 Å². The van der Waals surface area contributed by atoms with E-state index in [1.165, 1.54) is 6.07 Å². The molecule has 0 aliphatic carbocycles. The van der Waals surface area contributed by atoms with Crippen molar-refractivity contribution in [1.29, 1.82) is 0 Å². The van der Waals surface area contributed by atoms with Gasteiger partial charge >= 0.3 is 5.97 Å². The van der Waals surface area contributed by atoms with E-state index in [0.29, 0.717) is 16.8 Å². The van der Waals surface area contributed by atoms with E-state index in [1.54, 1.807) is 17.5 Å². The van der Waals surface area contributed by atoms with Crippen molar-refractivity contribution in [3.8, 4) is 11.3 Å². The average molecular weight is 444 g/mol. The summed E-state index contributed by atoms with van der Waals surface area (Å²) in [4.78, 5) is 39.9. The lowest BCUT2D eigenvalue weighted by atomic mass is 10.1. The number of benzene rings is 2. The molecule has 0 saturated heterocycles. The zero-order valence-electron chi connectivity index (χ0n) is 16.5. The Morgan fingerprint density at radius 3 is 2.48 bits per heavy atom. The molecule has 0 saturated carbocycles. The fraction of sp³-hybridized carbons (Fsp3) is 0.182. The predicted octanol–water partition coefficient (Wildman–Crippen LogP) is 4.54. The Hall–Kier alpha value is -3.46. The first kappa shape index (κ1) is 22.2. The number of rotatable bonds is 8. The van der Waals surface area contributed by atoms with Crippen LogP contribution in [0.2, 0.25) is 0 Å². The van der Waals surface area contributed by atoms with E-state index in [1.807, 2.05) is 19.1 Å². The number of aromatic nitrogens is 1. The minimum Gasteiger partial charge on any atom is -0.456 e. The Bertz CT molecular complexity index is 1110. The van der Waals surface area contributed by atoms with Gasteiger partial charge in [0.05, 0.1) is 12.1 Å². The fourth-order valence-corrected chi connectivity index (χ4v) is 3.33. The highest BCUT2D eigenvalue weighted by Crippen LogP contribution is 2.26. The van der Waals surface area contributed by atoms with Crippen LogP contribution in [0.4, 0.5) is 13.9 Å². The lowest BCUT2D eigenvalue weighted by Crippen LogP contribution is -2.21. The van der Waals surface area contributed by atoms with Crippen LogP contribution in [-0.2, 0) is 14.3 Å². The third-order valence-corrected chi connectivity index (χ3v) is 5.02. The molecule has 160 valence electrons. The first-order valence-corrected chi connectivity index (χ1v) is 10.2. The molecule has 1 aromatic heterocycles. The summed E-state index contributed by atoms with van der Waals surface area (Å²) in [6.45, 7) is 1.38. The first-order chi connectivity index (χ1) is 14.8. The largest absolute Gasteiger partial charge is 0.456 e. The third kappa shape index (κ3) is 6.26. The summed E-state index contributed by atoms with van der Waals surface area (Å²) < 4.78 is 31.3. The maximum absolute atomic E-state index is 13.3. The highest BCUT2D eigenvalue weighted by molar-refractivity contribution is 7.14. The van der Waals surface area contributed by atoms with Crippen LogP contribution >= 0.6 is 11.3 Å². The topological polar surface area (TPSA) is 85.4 Å². The summed E-state index contributed by atoms with van der Waals surface area (Å²) in [5.41, 5.74) is 2.27. The minimum atomic E-state index is -0.996. The Morgan fingerprint density at radius 1 is 1.03 bits per heavy atom. The lowest BCUT2D eigenvalue weighted by Gasteiger charge is -2.05. The van der Waals surface area contributed by atoms with Crippen molar-refractivity contribution in [2.24, 2.45) is 0 Å². The van der Waals surface area contributed by atoms with Crippen molar-refractivity contribution >= 4 is 34.1 Å². The van der Waals surface area contributed by atoms with Gasteiger partial charge in [-0.15, -0.1) is 11.3 Å². The van der Waals surface area contributed by atoms with Crippen LogP contribution in [-0.4, -0.2) is 29.3 Å². The van der Waals surface area contributed by atoms with Crippen LogP contribution in [0.15, 0.2) is 47.8 Å². The second kappa shape index (κ2) is 10.0. The standard InChI is InChI=1S/C22H18F2N2O4S/c1-13-2-4-14(5-3-13)19(27)8-9-21(29)30-11-20(28)26-22-25-18(12-31-22)15-6-7-16(23)17(24)10-15/h2-7,10,12H,8-9,11H2,1H3,(H,25,26,28). The van der Waals surface area contributed by atoms with Crippen molar-refractivity contribution < 1.29 is 27.9 Å². The quantitative estimate of drug-likeness (QED) is 0.407. The number of carbonyl (C=O) groups is 3. The molecule has 0 unspecified atom stereocenters. The van der Waals surface area contributed by atoms with Crippen molar-refractivity contribution in [3.63, 3.8) is 0 Å². The Kier molecular flexibility index (Phi) is 7.19. The number of ketones is 1. The van der Waals surface area contributed by atoms with Gasteiger partial charge in [-0.1, -0.05) is 29.8 Å². The van der Waals surface area contributed by atoms with Gasteiger partial charge in [0.2, 0.25) is 0 Å².